The van der Waals surface area contributed by atoms with Crippen molar-refractivity contribution in [1.82, 2.24) is 5.32 Å². The molecule has 0 saturated heterocycles. The highest BCUT2D eigenvalue weighted by atomic mass is 19.4. The third-order valence-electron chi connectivity index (χ3n) is 6.91. The van der Waals surface area contributed by atoms with Gasteiger partial charge in [-0.1, -0.05) is 42.5 Å². The van der Waals surface area contributed by atoms with Crippen molar-refractivity contribution in [3.63, 3.8) is 0 Å². The summed E-state index contributed by atoms with van der Waals surface area (Å²) in [5.41, 5.74) is 2.14. The third kappa shape index (κ3) is 6.46. The van der Waals surface area contributed by atoms with E-state index in [1.165, 1.54) is 11.8 Å². The number of halogens is 4. The zero-order valence-electron chi connectivity index (χ0n) is 21.3. The van der Waals surface area contributed by atoms with Crippen molar-refractivity contribution in [2.45, 2.75) is 44.9 Å². The van der Waals surface area contributed by atoms with E-state index >= 15 is 0 Å². The van der Waals surface area contributed by atoms with Gasteiger partial charge in [-0.3, -0.25) is 18.8 Å². The molecule has 2 aromatic rings. The average Bonchev–Trinajstić information content (AvgIpc) is 3.02. The van der Waals surface area contributed by atoms with Gasteiger partial charge in [0.2, 0.25) is 12.1 Å². The van der Waals surface area contributed by atoms with Crippen LogP contribution >= 0.6 is 0 Å². The molecule has 4 rings (SSSR count). The minimum absolute atomic E-state index is 0.0788. The molecule has 0 unspecified atom stereocenters. The normalized spacial score (nSPS) is 18.3. The summed E-state index contributed by atoms with van der Waals surface area (Å²) >= 11 is 0. The number of ether oxygens (including phenoxy) is 1. The molecule has 1 N–H and O–H groups in total. The van der Waals surface area contributed by atoms with Gasteiger partial charge in [-0.25, -0.2) is 4.99 Å². The second-order valence-corrected chi connectivity index (χ2v) is 9.55. The highest BCUT2D eigenvalue weighted by Crippen LogP contribution is 2.39. The molecule has 0 fully saturated rings. The zero-order valence-corrected chi connectivity index (χ0v) is 21.3. The maximum absolute atomic E-state index is 13.7. The Hall–Kier alpha value is -3.76. The quantitative estimate of drug-likeness (QED) is 0.440. The summed E-state index contributed by atoms with van der Waals surface area (Å²) in [6.07, 6.45) is -8.18. The predicted molar refractivity (Wildman–Crippen MR) is 136 cm³/mol. The molecule has 2 heterocycles. The van der Waals surface area contributed by atoms with E-state index in [2.05, 4.69) is 10.3 Å². The van der Waals surface area contributed by atoms with E-state index in [9.17, 15) is 31.9 Å². The molecular weight excluding hydrogens is 518 g/mol. The molecule has 2 aliphatic rings. The van der Waals surface area contributed by atoms with Gasteiger partial charge < -0.3 is 15.0 Å². The van der Waals surface area contributed by atoms with E-state index < -0.39 is 61.3 Å². The number of benzene rings is 2. The molecule has 7 nitrogen and oxygen atoms in total. The van der Waals surface area contributed by atoms with E-state index in [1.54, 1.807) is 42.5 Å². The molecule has 2 aromatic carbocycles. The van der Waals surface area contributed by atoms with Crippen LogP contribution in [0, 0.1) is 11.8 Å². The first-order valence-corrected chi connectivity index (χ1v) is 12.7. The molecular formula is C28H29F4N3O4. The van der Waals surface area contributed by atoms with Crippen LogP contribution in [-0.4, -0.2) is 55.5 Å². The maximum atomic E-state index is 13.7. The summed E-state index contributed by atoms with van der Waals surface area (Å²) in [4.78, 5) is 45.6. The predicted octanol–water partition coefficient (Wildman–Crippen LogP) is 4.62. The highest BCUT2D eigenvalue weighted by Gasteiger charge is 2.40. The molecule has 0 aliphatic carbocycles. The number of alkyl halides is 4. The molecule has 0 radical (unpaired) electrons. The lowest BCUT2D eigenvalue weighted by molar-refractivity contribution is -0.146. The number of hydrogen-bond acceptors (Lipinski definition) is 5. The Balaban J connectivity index is 1.73. The second-order valence-electron chi connectivity index (χ2n) is 9.55. The smallest absolute Gasteiger partial charge is 0.389 e. The lowest BCUT2D eigenvalue weighted by Gasteiger charge is -2.31. The van der Waals surface area contributed by atoms with Crippen molar-refractivity contribution in [3.05, 3.63) is 59.7 Å². The summed E-state index contributed by atoms with van der Waals surface area (Å²) < 4.78 is 58.1. The fourth-order valence-electron chi connectivity index (χ4n) is 5.07. The second kappa shape index (κ2) is 12.0. The topological polar surface area (TPSA) is 88.1 Å². The van der Waals surface area contributed by atoms with Crippen LogP contribution < -0.4 is 15.0 Å². The molecule has 0 aromatic heterocycles. The molecule has 11 heteroatoms. The SMILES string of the molecule is CC(=O)[C@@H](CCCF)[C@@H](CCC(F)(F)F)C(=O)N[C@H]1N=C(c2ccccc2)c2cccc3c2N(CCO3)C1=O. The zero-order chi connectivity index (χ0) is 28.2. The van der Waals surface area contributed by atoms with Crippen molar-refractivity contribution < 1.29 is 36.7 Å². The summed E-state index contributed by atoms with van der Waals surface area (Å²) in [7, 11) is 0. The third-order valence-corrected chi connectivity index (χ3v) is 6.91. The molecule has 208 valence electrons. The molecule has 0 saturated carbocycles. The van der Waals surface area contributed by atoms with Crippen molar-refractivity contribution in [1.29, 1.82) is 0 Å². The fourth-order valence-corrected chi connectivity index (χ4v) is 5.07. The lowest BCUT2D eigenvalue weighted by Crippen LogP contribution is -2.51. The number of para-hydroxylation sites is 1. The van der Waals surface area contributed by atoms with Crippen LogP contribution in [0.2, 0.25) is 0 Å². The summed E-state index contributed by atoms with van der Waals surface area (Å²) in [5.74, 6) is -4.08. The Kier molecular flexibility index (Phi) is 8.66. The molecule has 2 aliphatic heterocycles. The first-order valence-electron chi connectivity index (χ1n) is 12.7. The largest absolute Gasteiger partial charge is 0.490 e. The number of anilines is 1. The number of hydrogen-bond donors (Lipinski definition) is 1. The summed E-state index contributed by atoms with van der Waals surface area (Å²) in [5, 5.41) is 2.53. The molecule has 2 amide bonds. The minimum atomic E-state index is -4.57. The Morgan fingerprint density at radius 1 is 1.10 bits per heavy atom. The Bertz CT molecular complexity index is 1250. The first-order chi connectivity index (χ1) is 18.6. The van der Waals surface area contributed by atoms with Gasteiger partial charge in [-0.2, -0.15) is 13.2 Å². The van der Waals surface area contributed by atoms with E-state index in [0.717, 1.165) is 0 Å². The van der Waals surface area contributed by atoms with Crippen LogP contribution in [0.5, 0.6) is 5.75 Å². The van der Waals surface area contributed by atoms with Crippen LogP contribution in [0.25, 0.3) is 0 Å². The average molecular weight is 548 g/mol. The number of carbonyl (C=O) groups is 3. The van der Waals surface area contributed by atoms with Gasteiger partial charge >= 0.3 is 6.18 Å². The van der Waals surface area contributed by atoms with Gasteiger partial charge in [-0.05, 0) is 32.3 Å². The van der Waals surface area contributed by atoms with Gasteiger partial charge in [0.25, 0.3) is 5.91 Å². The van der Waals surface area contributed by atoms with E-state index in [-0.39, 0.29) is 26.0 Å². The van der Waals surface area contributed by atoms with Crippen molar-refractivity contribution in [2.75, 3.05) is 24.7 Å². The summed E-state index contributed by atoms with van der Waals surface area (Å²) in [6, 6.07) is 14.2. The Morgan fingerprint density at radius 2 is 1.85 bits per heavy atom. The highest BCUT2D eigenvalue weighted by molar-refractivity contribution is 6.21. The van der Waals surface area contributed by atoms with Gasteiger partial charge in [-0.15, -0.1) is 0 Å². The standard InChI is InChI=1S/C28H29F4N3O4/c1-17(36)19(10-6-14-29)20(12-13-28(30,31)32)26(37)34-25-27(38)35-15-16-39-22-11-5-9-21(24(22)35)23(33-25)18-7-3-2-4-8-18/h2-5,7-9,11,19-20,25H,6,10,12-16H2,1H3,(H,34,37)/t19-,20-,25-/m1/s1. The number of rotatable bonds is 10. The number of carbonyl (C=O) groups excluding carboxylic acids is 3. The Labute approximate surface area is 223 Å². The number of ketones is 1. The number of aliphatic imine (C=N–C) groups is 1. The van der Waals surface area contributed by atoms with Crippen molar-refractivity contribution in [3.8, 4) is 5.75 Å². The Morgan fingerprint density at radius 3 is 2.51 bits per heavy atom. The summed E-state index contributed by atoms with van der Waals surface area (Å²) in [6.45, 7) is 0.774. The molecule has 0 bridgehead atoms. The van der Waals surface area contributed by atoms with Crippen molar-refractivity contribution in [2.24, 2.45) is 16.8 Å². The van der Waals surface area contributed by atoms with Crippen LogP contribution in [0.1, 0.15) is 43.7 Å². The number of nitrogens with zero attached hydrogens (tertiary/aromatic N) is 2. The van der Waals surface area contributed by atoms with E-state index in [1.807, 2.05) is 6.07 Å². The lowest BCUT2D eigenvalue weighted by atomic mass is 9.81. The van der Waals surface area contributed by atoms with Crippen molar-refractivity contribution >= 4 is 29.0 Å². The van der Waals surface area contributed by atoms with E-state index in [4.69, 9.17) is 4.74 Å². The molecule has 3 atom stereocenters. The maximum Gasteiger partial charge on any atom is 0.389 e. The number of amides is 2. The van der Waals surface area contributed by atoms with E-state index in [0.29, 0.717) is 28.3 Å². The fraction of sp³-hybridized carbons (Fsp3) is 0.429. The number of nitrogens with one attached hydrogen (secondary N) is 1. The van der Waals surface area contributed by atoms with Gasteiger partial charge in [0.05, 0.1) is 24.6 Å². The van der Waals surface area contributed by atoms with Gasteiger partial charge in [0.1, 0.15) is 18.1 Å². The van der Waals surface area contributed by atoms with Crippen LogP contribution in [-0.2, 0) is 14.4 Å². The van der Waals surface area contributed by atoms with Crippen LogP contribution in [0.4, 0.5) is 23.2 Å². The van der Waals surface area contributed by atoms with Gasteiger partial charge in [0, 0.05) is 29.4 Å². The minimum Gasteiger partial charge on any atom is -0.490 e. The number of Topliss-reactive ketones (excluding diaryl/α,β-unsaturated/α-hetero) is 1. The monoisotopic (exact) mass is 547 g/mol. The van der Waals surface area contributed by atoms with Gasteiger partial charge in [0.15, 0.2) is 0 Å². The molecule has 0 spiro atoms. The molecule has 39 heavy (non-hydrogen) atoms. The van der Waals surface area contributed by atoms with Crippen LogP contribution in [0.15, 0.2) is 53.5 Å². The van der Waals surface area contributed by atoms with Crippen LogP contribution in [0.3, 0.4) is 0 Å². The first kappa shape index (κ1) is 28.3.